The lowest BCUT2D eigenvalue weighted by Gasteiger charge is -2.13. The first-order valence-corrected chi connectivity index (χ1v) is 5.31. The minimum Gasteiger partial charge on any atom is -0.389 e. The molecule has 0 saturated carbocycles. The van der Waals surface area contributed by atoms with Crippen LogP contribution in [0.1, 0.15) is 26.7 Å². The Kier molecular flexibility index (Phi) is 8.27. The second kappa shape index (κ2) is 8.64. The molecule has 90 valence electrons. The van der Waals surface area contributed by atoms with E-state index in [1.165, 1.54) is 0 Å². The van der Waals surface area contributed by atoms with Crippen molar-refractivity contribution in [3.63, 3.8) is 0 Å². The summed E-state index contributed by atoms with van der Waals surface area (Å²) in [5.41, 5.74) is 4.98. The number of carbonyl (C=O) groups is 1. The van der Waals surface area contributed by atoms with Gasteiger partial charge < -0.3 is 20.9 Å². The lowest BCUT2D eigenvalue weighted by molar-refractivity contribution is -0.118. The molecule has 0 aliphatic rings. The first kappa shape index (κ1) is 14.3. The third-order valence-corrected chi connectivity index (χ3v) is 1.78. The maximum atomic E-state index is 10.4. The molecule has 0 aliphatic carbocycles. The SMILES string of the molecule is CC(C)OCC(O)CNCCCC(N)=O. The van der Waals surface area contributed by atoms with E-state index in [-0.39, 0.29) is 12.0 Å². The summed E-state index contributed by atoms with van der Waals surface area (Å²) in [6.07, 6.45) is 0.717. The van der Waals surface area contributed by atoms with Gasteiger partial charge in [0.15, 0.2) is 0 Å². The molecule has 15 heavy (non-hydrogen) atoms. The number of carbonyl (C=O) groups excluding carboxylic acids is 1. The third kappa shape index (κ3) is 11.3. The average Bonchev–Trinajstić information content (AvgIpc) is 2.13. The molecule has 0 rings (SSSR count). The van der Waals surface area contributed by atoms with Crippen molar-refractivity contribution >= 4 is 5.91 Å². The number of aliphatic hydroxyl groups excluding tert-OH is 1. The molecule has 0 radical (unpaired) electrons. The maximum Gasteiger partial charge on any atom is 0.217 e. The molecule has 4 N–H and O–H groups in total. The highest BCUT2D eigenvalue weighted by atomic mass is 16.5. The molecule has 0 bridgehead atoms. The van der Waals surface area contributed by atoms with E-state index >= 15 is 0 Å². The van der Waals surface area contributed by atoms with E-state index in [4.69, 9.17) is 10.5 Å². The van der Waals surface area contributed by atoms with Crippen molar-refractivity contribution in [3.05, 3.63) is 0 Å². The number of rotatable bonds is 9. The molecule has 0 aliphatic heterocycles. The molecule has 0 aromatic rings. The van der Waals surface area contributed by atoms with Crippen molar-refractivity contribution in [1.82, 2.24) is 5.32 Å². The van der Waals surface area contributed by atoms with Crippen LogP contribution in [-0.4, -0.2) is 42.9 Å². The summed E-state index contributed by atoms with van der Waals surface area (Å²) in [6.45, 7) is 5.34. The normalized spacial score (nSPS) is 13.1. The molecular weight excluding hydrogens is 196 g/mol. The molecule has 0 heterocycles. The number of hydrogen-bond acceptors (Lipinski definition) is 4. The first-order valence-electron chi connectivity index (χ1n) is 5.31. The number of aliphatic hydroxyl groups is 1. The second-order valence-corrected chi connectivity index (χ2v) is 3.81. The smallest absolute Gasteiger partial charge is 0.217 e. The molecule has 5 nitrogen and oxygen atoms in total. The standard InChI is InChI=1S/C10H22N2O3/c1-8(2)15-7-9(13)6-12-5-3-4-10(11)14/h8-9,12-13H,3-7H2,1-2H3,(H2,11,14). The van der Waals surface area contributed by atoms with Gasteiger partial charge in [-0.15, -0.1) is 0 Å². The highest BCUT2D eigenvalue weighted by Crippen LogP contribution is 1.91. The Balaban J connectivity index is 3.23. The average molecular weight is 218 g/mol. The number of amides is 1. The van der Waals surface area contributed by atoms with Gasteiger partial charge in [-0.2, -0.15) is 0 Å². The van der Waals surface area contributed by atoms with Gasteiger partial charge in [0.05, 0.1) is 18.8 Å². The van der Waals surface area contributed by atoms with Crippen molar-refractivity contribution in [2.24, 2.45) is 5.73 Å². The minimum atomic E-state index is -0.499. The lowest BCUT2D eigenvalue weighted by Crippen LogP contribution is -2.32. The Labute approximate surface area is 91.0 Å². The quantitative estimate of drug-likeness (QED) is 0.461. The van der Waals surface area contributed by atoms with Gasteiger partial charge in [0.1, 0.15) is 0 Å². The van der Waals surface area contributed by atoms with Crippen LogP contribution < -0.4 is 11.1 Å². The van der Waals surface area contributed by atoms with Crippen molar-refractivity contribution < 1.29 is 14.6 Å². The lowest BCUT2D eigenvalue weighted by atomic mass is 10.3. The number of nitrogens with two attached hydrogens (primary N) is 1. The van der Waals surface area contributed by atoms with E-state index < -0.39 is 6.10 Å². The molecule has 0 fully saturated rings. The zero-order chi connectivity index (χ0) is 11.7. The van der Waals surface area contributed by atoms with Gasteiger partial charge in [-0.1, -0.05) is 0 Å². The Morgan fingerprint density at radius 1 is 1.53 bits per heavy atom. The van der Waals surface area contributed by atoms with E-state index in [9.17, 15) is 9.90 Å². The zero-order valence-electron chi connectivity index (χ0n) is 9.53. The summed E-state index contributed by atoms with van der Waals surface area (Å²) >= 11 is 0. The Morgan fingerprint density at radius 2 is 2.20 bits per heavy atom. The summed E-state index contributed by atoms with van der Waals surface area (Å²) in [5.74, 6) is -0.291. The van der Waals surface area contributed by atoms with Crippen LogP contribution in [0.25, 0.3) is 0 Å². The minimum absolute atomic E-state index is 0.134. The van der Waals surface area contributed by atoms with E-state index in [2.05, 4.69) is 5.32 Å². The van der Waals surface area contributed by atoms with Crippen LogP contribution in [0.3, 0.4) is 0 Å². The molecule has 1 unspecified atom stereocenters. The summed E-state index contributed by atoms with van der Waals surface area (Å²) in [4.78, 5) is 10.4. The molecule has 1 atom stereocenters. The number of primary amides is 1. The van der Waals surface area contributed by atoms with Crippen LogP contribution >= 0.6 is 0 Å². The zero-order valence-corrected chi connectivity index (χ0v) is 9.53. The predicted molar refractivity (Wildman–Crippen MR) is 58.4 cm³/mol. The predicted octanol–water partition coefficient (Wildman–Crippen LogP) is -0.373. The summed E-state index contributed by atoms with van der Waals surface area (Å²) in [7, 11) is 0. The van der Waals surface area contributed by atoms with Crippen LogP contribution in [0.2, 0.25) is 0 Å². The van der Waals surface area contributed by atoms with E-state index in [0.717, 1.165) is 0 Å². The van der Waals surface area contributed by atoms with Gasteiger partial charge >= 0.3 is 0 Å². The maximum absolute atomic E-state index is 10.4. The molecule has 0 spiro atoms. The Hall–Kier alpha value is -0.650. The van der Waals surface area contributed by atoms with Crippen molar-refractivity contribution in [3.8, 4) is 0 Å². The van der Waals surface area contributed by atoms with Crippen LogP contribution in [0, 0.1) is 0 Å². The van der Waals surface area contributed by atoms with E-state index in [1.807, 2.05) is 13.8 Å². The number of hydrogen-bond donors (Lipinski definition) is 3. The molecule has 0 aromatic heterocycles. The number of nitrogens with one attached hydrogen (secondary N) is 1. The van der Waals surface area contributed by atoms with Crippen molar-refractivity contribution in [2.45, 2.75) is 38.9 Å². The highest BCUT2D eigenvalue weighted by molar-refractivity contribution is 5.73. The number of ether oxygens (including phenoxy) is 1. The Bertz CT molecular complexity index is 174. The monoisotopic (exact) mass is 218 g/mol. The van der Waals surface area contributed by atoms with Crippen molar-refractivity contribution in [1.29, 1.82) is 0 Å². The fourth-order valence-corrected chi connectivity index (χ4v) is 1.02. The van der Waals surface area contributed by atoms with E-state index in [0.29, 0.717) is 32.5 Å². The van der Waals surface area contributed by atoms with Crippen molar-refractivity contribution in [2.75, 3.05) is 19.7 Å². The molecule has 0 saturated heterocycles. The highest BCUT2D eigenvalue weighted by Gasteiger charge is 2.04. The summed E-state index contributed by atoms with van der Waals surface area (Å²) in [6, 6.07) is 0. The molecule has 1 amide bonds. The Morgan fingerprint density at radius 3 is 2.73 bits per heavy atom. The van der Waals surface area contributed by atoms with Crippen LogP contribution in [-0.2, 0) is 9.53 Å². The first-order chi connectivity index (χ1) is 7.02. The van der Waals surface area contributed by atoms with Gasteiger partial charge in [0.25, 0.3) is 0 Å². The molecule has 0 aromatic carbocycles. The topological polar surface area (TPSA) is 84.6 Å². The summed E-state index contributed by atoms with van der Waals surface area (Å²) < 4.78 is 5.23. The fraction of sp³-hybridized carbons (Fsp3) is 0.900. The van der Waals surface area contributed by atoms with Gasteiger partial charge in [-0.3, -0.25) is 4.79 Å². The van der Waals surface area contributed by atoms with Gasteiger partial charge in [0, 0.05) is 13.0 Å². The van der Waals surface area contributed by atoms with Crippen LogP contribution in [0.5, 0.6) is 0 Å². The largest absolute Gasteiger partial charge is 0.389 e. The fourth-order valence-electron chi connectivity index (χ4n) is 1.02. The third-order valence-electron chi connectivity index (χ3n) is 1.78. The molecular formula is C10H22N2O3. The van der Waals surface area contributed by atoms with Crippen LogP contribution in [0.4, 0.5) is 0 Å². The van der Waals surface area contributed by atoms with Crippen LogP contribution in [0.15, 0.2) is 0 Å². The second-order valence-electron chi connectivity index (χ2n) is 3.81. The van der Waals surface area contributed by atoms with Gasteiger partial charge in [0.2, 0.25) is 5.91 Å². The molecule has 5 heteroatoms. The van der Waals surface area contributed by atoms with Gasteiger partial charge in [-0.05, 0) is 26.8 Å². The van der Waals surface area contributed by atoms with E-state index in [1.54, 1.807) is 0 Å². The van der Waals surface area contributed by atoms with Gasteiger partial charge in [-0.25, -0.2) is 0 Å². The summed E-state index contributed by atoms with van der Waals surface area (Å²) in [5, 5.41) is 12.5.